The van der Waals surface area contributed by atoms with E-state index < -0.39 is 18.1 Å². The maximum atomic E-state index is 12.7. The number of likely N-dealkylation sites (tertiary alicyclic amines) is 1. The van der Waals surface area contributed by atoms with Crippen LogP contribution in [0.3, 0.4) is 0 Å². The van der Waals surface area contributed by atoms with Crippen LogP contribution in [0.1, 0.15) is 32.1 Å². The van der Waals surface area contributed by atoms with E-state index in [2.05, 4.69) is 15.6 Å². The first-order valence-corrected chi connectivity index (χ1v) is 7.69. The summed E-state index contributed by atoms with van der Waals surface area (Å²) in [5.41, 5.74) is 5.48. The minimum Gasteiger partial charge on any atom is -0.480 e. The summed E-state index contributed by atoms with van der Waals surface area (Å²) in [7, 11) is 1.58. The van der Waals surface area contributed by atoms with Crippen molar-refractivity contribution in [2.24, 2.45) is 10.7 Å². The zero-order valence-electron chi connectivity index (χ0n) is 13.3. The van der Waals surface area contributed by atoms with Crippen LogP contribution in [0, 0.1) is 11.5 Å². The van der Waals surface area contributed by atoms with Gasteiger partial charge in [0.15, 0.2) is 0 Å². The fourth-order valence-corrected chi connectivity index (χ4v) is 2.61. The fourth-order valence-electron chi connectivity index (χ4n) is 2.61. The highest BCUT2D eigenvalue weighted by Crippen LogP contribution is 2.19. The Morgan fingerprint density at radius 1 is 1.52 bits per heavy atom. The normalized spacial score (nSPS) is 19.1. The van der Waals surface area contributed by atoms with Gasteiger partial charge in [-0.15, -0.1) is 4.99 Å². The second-order valence-corrected chi connectivity index (χ2v) is 5.32. The molecule has 0 bridgehead atoms. The molecule has 0 spiro atoms. The van der Waals surface area contributed by atoms with E-state index in [1.807, 2.05) is 0 Å². The molecule has 1 aliphatic rings. The molecule has 0 aromatic heterocycles. The van der Waals surface area contributed by atoms with Gasteiger partial charge in [-0.1, -0.05) is 0 Å². The second-order valence-electron chi connectivity index (χ2n) is 5.32. The SMILES string of the molecule is CN/C(=N/C#N)N[C@@H](CCCCN)C(=O)N1CCC[C@H]1C(=O)O. The van der Waals surface area contributed by atoms with E-state index in [4.69, 9.17) is 11.0 Å². The zero-order valence-corrected chi connectivity index (χ0v) is 13.3. The van der Waals surface area contributed by atoms with Crippen molar-refractivity contribution < 1.29 is 14.7 Å². The molecule has 1 rings (SSSR count). The molecule has 5 N–H and O–H groups in total. The Hall–Kier alpha value is -2.34. The Balaban J connectivity index is 2.85. The van der Waals surface area contributed by atoms with E-state index >= 15 is 0 Å². The highest BCUT2D eigenvalue weighted by molar-refractivity contribution is 5.91. The fraction of sp³-hybridized carbons (Fsp3) is 0.714. The Morgan fingerprint density at radius 2 is 2.26 bits per heavy atom. The number of nitrogens with zero attached hydrogens (tertiary/aromatic N) is 3. The summed E-state index contributed by atoms with van der Waals surface area (Å²) in [5, 5.41) is 23.5. The van der Waals surface area contributed by atoms with Crippen LogP contribution >= 0.6 is 0 Å². The maximum Gasteiger partial charge on any atom is 0.326 e. The third-order valence-electron chi connectivity index (χ3n) is 3.78. The summed E-state index contributed by atoms with van der Waals surface area (Å²) in [6, 6.07) is -1.42. The monoisotopic (exact) mass is 324 g/mol. The van der Waals surface area contributed by atoms with Crippen LogP contribution in [0.2, 0.25) is 0 Å². The van der Waals surface area contributed by atoms with Crippen LogP contribution < -0.4 is 16.4 Å². The van der Waals surface area contributed by atoms with Crippen molar-refractivity contribution in [1.29, 1.82) is 5.26 Å². The van der Waals surface area contributed by atoms with Gasteiger partial charge in [0.05, 0.1) is 0 Å². The standard InChI is InChI=1S/C14H24N6O3/c1-17-14(18-9-16)19-10(5-2-3-7-15)12(21)20-8-4-6-11(20)13(22)23/h10-11H,2-8,15H2,1H3,(H,22,23)(H2,17,18,19)/t10-,11-/m0/s1. The zero-order chi connectivity index (χ0) is 17.2. The molecule has 128 valence electrons. The number of aliphatic carboxylic acids is 1. The van der Waals surface area contributed by atoms with Gasteiger partial charge in [-0.05, 0) is 38.6 Å². The average Bonchev–Trinajstić information content (AvgIpc) is 3.02. The van der Waals surface area contributed by atoms with Crippen molar-refractivity contribution in [2.45, 2.75) is 44.2 Å². The van der Waals surface area contributed by atoms with Crippen molar-refractivity contribution >= 4 is 17.8 Å². The first-order valence-electron chi connectivity index (χ1n) is 7.69. The number of aliphatic imine (C=N–C) groups is 1. The molecule has 0 unspecified atom stereocenters. The number of rotatable bonds is 7. The van der Waals surface area contributed by atoms with Gasteiger partial charge in [-0.25, -0.2) is 4.79 Å². The first kappa shape index (κ1) is 18.7. The summed E-state index contributed by atoms with van der Waals surface area (Å²) < 4.78 is 0. The van der Waals surface area contributed by atoms with Crippen LogP contribution in [0.25, 0.3) is 0 Å². The molecule has 1 amide bonds. The number of amides is 1. The summed E-state index contributed by atoms with van der Waals surface area (Å²) in [4.78, 5) is 28.9. The maximum absolute atomic E-state index is 12.7. The summed E-state index contributed by atoms with van der Waals surface area (Å²) in [5.74, 6) is -1.09. The molecule has 9 nitrogen and oxygen atoms in total. The Bertz CT molecular complexity index is 487. The van der Waals surface area contributed by atoms with Crippen molar-refractivity contribution in [2.75, 3.05) is 20.1 Å². The number of guanidine groups is 1. The molecule has 1 fully saturated rings. The van der Waals surface area contributed by atoms with Crippen LogP contribution in [-0.2, 0) is 9.59 Å². The molecule has 0 aliphatic carbocycles. The largest absolute Gasteiger partial charge is 0.480 e. The average molecular weight is 324 g/mol. The summed E-state index contributed by atoms with van der Waals surface area (Å²) in [6.07, 6.45) is 4.75. The number of nitrogens with two attached hydrogens (primary N) is 1. The number of nitrogens with one attached hydrogen (secondary N) is 2. The molecule has 1 heterocycles. The smallest absolute Gasteiger partial charge is 0.326 e. The van der Waals surface area contributed by atoms with Crippen LogP contribution in [-0.4, -0.2) is 60.1 Å². The number of unbranched alkanes of at least 4 members (excludes halogenated alkanes) is 1. The number of nitriles is 1. The van der Waals surface area contributed by atoms with Crippen molar-refractivity contribution in [3.8, 4) is 6.19 Å². The molecule has 2 atom stereocenters. The van der Waals surface area contributed by atoms with Gasteiger partial charge < -0.3 is 26.4 Å². The number of carboxylic acid groups (broad SMARTS) is 1. The van der Waals surface area contributed by atoms with E-state index in [0.717, 1.165) is 12.8 Å². The number of carboxylic acids is 1. The van der Waals surface area contributed by atoms with Gasteiger partial charge in [-0.2, -0.15) is 5.26 Å². The number of hydrogen-bond acceptors (Lipinski definition) is 5. The Labute approximate surface area is 135 Å². The van der Waals surface area contributed by atoms with Crippen LogP contribution in [0.5, 0.6) is 0 Å². The molecular weight excluding hydrogens is 300 g/mol. The van der Waals surface area contributed by atoms with Crippen molar-refractivity contribution in [3.05, 3.63) is 0 Å². The lowest BCUT2D eigenvalue weighted by Gasteiger charge is -2.28. The number of carbonyl (C=O) groups is 2. The highest BCUT2D eigenvalue weighted by Gasteiger charge is 2.37. The molecule has 0 radical (unpaired) electrons. The predicted molar refractivity (Wildman–Crippen MR) is 84.3 cm³/mol. The topological polar surface area (TPSA) is 144 Å². The third kappa shape index (κ3) is 5.41. The van der Waals surface area contributed by atoms with Gasteiger partial charge in [0.2, 0.25) is 18.1 Å². The second kappa shape index (κ2) is 9.63. The highest BCUT2D eigenvalue weighted by atomic mass is 16.4. The van der Waals surface area contributed by atoms with E-state index in [9.17, 15) is 14.7 Å². The first-order chi connectivity index (χ1) is 11.0. The van der Waals surface area contributed by atoms with E-state index in [1.165, 1.54) is 4.90 Å². The molecule has 0 aromatic rings. The quantitative estimate of drug-likeness (QED) is 0.208. The van der Waals surface area contributed by atoms with E-state index in [0.29, 0.717) is 32.4 Å². The number of carbonyl (C=O) groups excluding carboxylic acids is 1. The molecule has 9 heteroatoms. The van der Waals surface area contributed by atoms with E-state index in [-0.39, 0.29) is 11.9 Å². The van der Waals surface area contributed by atoms with Crippen molar-refractivity contribution in [3.63, 3.8) is 0 Å². The van der Waals surface area contributed by atoms with Crippen LogP contribution in [0.15, 0.2) is 4.99 Å². The lowest BCUT2D eigenvalue weighted by molar-refractivity contribution is -0.149. The van der Waals surface area contributed by atoms with Gasteiger partial charge >= 0.3 is 5.97 Å². The minimum atomic E-state index is -0.990. The lowest BCUT2D eigenvalue weighted by Crippen LogP contribution is -2.53. The molecule has 1 saturated heterocycles. The molecule has 0 saturated carbocycles. The van der Waals surface area contributed by atoms with Gasteiger partial charge in [-0.3, -0.25) is 4.79 Å². The van der Waals surface area contributed by atoms with E-state index in [1.54, 1.807) is 13.2 Å². The summed E-state index contributed by atoms with van der Waals surface area (Å²) >= 11 is 0. The Morgan fingerprint density at radius 3 is 2.83 bits per heavy atom. The van der Waals surface area contributed by atoms with Crippen molar-refractivity contribution in [1.82, 2.24) is 15.5 Å². The van der Waals surface area contributed by atoms with Gasteiger partial charge in [0.25, 0.3) is 0 Å². The number of hydrogen-bond donors (Lipinski definition) is 4. The predicted octanol–water partition coefficient (Wildman–Crippen LogP) is -0.794. The minimum absolute atomic E-state index is 0.185. The molecule has 0 aromatic carbocycles. The third-order valence-corrected chi connectivity index (χ3v) is 3.78. The molecule has 1 aliphatic heterocycles. The molecular formula is C14H24N6O3. The Kier molecular flexibility index (Phi) is 7.83. The lowest BCUT2D eigenvalue weighted by atomic mass is 10.1. The van der Waals surface area contributed by atoms with Gasteiger partial charge in [0, 0.05) is 13.6 Å². The van der Waals surface area contributed by atoms with Gasteiger partial charge in [0.1, 0.15) is 12.1 Å². The summed E-state index contributed by atoms with van der Waals surface area (Å²) in [6.45, 7) is 0.947. The van der Waals surface area contributed by atoms with Crippen LogP contribution in [0.4, 0.5) is 0 Å². The molecule has 23 heavy (non-hydrogen) atoms.